The van der Waals surface area contributed by atoms with Crippen molar-refractivity contribution in [3.63, 3.8) is 0 Å². The number of carbonyl (C=O) groups excluding carboxylic acids is 1. The fourth-order valence-corrected chi connectivity index (χ4v) is 4.70. The van der Waals surface area contributed by atoms with Gasteiger partial charge in [0.15, 0.2) is 0 Å². The van der Waals surface area contributed by atoms with Crippen molar-refractivity contribution >= 4 is 11.6 Å². The minimum atomic E-state index is -0.458. The minimum Gasteiger partial charge on any atom is -0.393 e. The average molecular weight is 301 g/mol. The first-order chi connectivity index (χ1) is 10.1. The molecular formula is C19H27NO2. The van der Waals surface area contributed by atoms with E-state index in [1.807, 2.05) is 18.2 Å². The molecule has 2 N–H and O–H groups in total. The molecule has 1 aromatic carbocycles. The van der Waals surface area contributed by atoms with E-state index in [0.29, 0.717) is 6.42 Å². The van der Waals surface area contributed by atoms with Crippen molar-refractivity contribution in [2.24, 2.45) is 16.2 Å². The summed E-state index contributed by atoms with van der Waals surface area (Å²) in [4.78, 5) is 13.1. The molecule has 1 aromatic rings. The van der Waals surface area contributed by atoms with Crippen LogP contribution in [0.25, 0.3) is 0 Å². The molecule has 120 valence electrons. The van der Waals surface area contributed by atoms with E-state index in [0.717, 1.165) is 18.5 Å². The molecule has 0 unspecified atom stereocenters. The molecule has 3 heteroatoms. The van der Waals surface area contributed by atoms with Crippen molar-refractivity contribution in [2.75, 3.05) is 5.32 Å². The second kappa shape index (κ2) is 4.58. The van der Waals surface area contributed by atoms with E-state index in [1.165, 1.54) is 11.1 Å². The van der Waals surface area contributed by atoms with Crippen LogP contribution in [-0.4, -0.2) is 17.1 Å². The van der Waals surface area contributed by atoms with Crippen LogP contribution in [0.2, 0.25) is 0 Å². The Balaban J connectivity index is 1.91. The van der Waals surface area contributed by atoms with Gasteiger partial charge in [-0.05, 0) is 67.2 Å². The average Bonchev–Trinajstić information content (AvgIpc) is 2.73. The Morgan fingerprint density at radius 2 is 1.86 bits per heavy atom. The van der Waals surface area contributed by atoms with Crippen LogP contribution in [-0.2, 0) is 4.79 Å². The maximum absolute atomic E-state index is 13.1. The molecule has 0 radical (unpaired) electrons. The van der Waals surface area contributed by atoms with Gasteiger partial charge in [0, 0.05) is 5.69 Å². The van der Waals surface area contributed by atoms with Gasteiger partial charge in [-0.25, -0.2) is 0 Å². The number of aliphatic hydroxyl groups excluding tert-OH is 1. The van der Waals surface area contributed by atoms with Crippen LogP contribution in [0.1, 0.15) is 51.2 Å². The molecule has 0 spiro atoms. The van der Waals surface area contributed by atoms with Crippen molar-refractivity contribution in [3.8, 4) is 0 Å². The number of anilines is 1. The number of fused-ring (bicyclic) bond motifs is 2. The van der Waals surface area contributed by atoms with Crippen LogP contribution in [0, 0.1) is 30.1 Å². The molecule has 2 aliphatic rings. The number of aryl methyl sites for hydroxylation is 2. The van der Waals surface area contributed by atoms with Crippen LogP contribution >= 0.6 is 0 Å². The van der Waals surface area contributed by atoms with Crippen LogP contribution in [0.4, 0.5) is 5.69 Å². The summed E-state index contributed by atoms with van der Waals surface area (Å²) < 4.78 is 0. The van der Waals surface area contributed by atoms with Gasteiger partial charge in [-0.3, -0.25) is 4.79 Å². The lowest BCUT2D eigenvalue weighted by atomic mass is 9.64. The first-order valence-corrected chi connectivity index (χ1v) is 8.21. The molecule has 3 nitrogen and oxygen atoms in total. The summed E-state index contributed by atoms with van der Waals surface area (Å²) in [6.07, 6.45) is 1.97. The van der Waals surface area contributed by atoms with Gasteiger partial charge < -0.3 is 10.4 Å². The Labute approximate surface area is 133 Å². The topological polar surface area (TPSA) is 49.3 Å². The molecule has 2 aliphatic carbocycles. The lowest BCUT2D eigenvalue weighted by molar-refractivity contribution is -0.130. The Kier molecular flexibility index (Phi) is 3.23. The summed E-state index contributed by atoms with van der Waals surface area (Å²) >= 11 is 0. The van der Waals surface area contributed by atoms with Gasteiger partial charge in [0.05, 0.1) is 11.5 Å². The van der Waals surface area contributed by atoms with Gasteiger partial charge in [-0.1, -0.05) is 26.8 Å². The number of hydrogen-bond acceptors (Lipinski definition) is 2. The second-order valence-corrected chi connectivity index (χ2v) is 8.10. The maximum atomic E-state index is 13.1. The molecule has 1 amide bonds. The Morgan fingerprint density at radius 1 is 1.18 bits per heavy atom. The quantitative estimate of drug-likeness (QED) is 0.872. The van der Waals surface area contributed by atoms with Crippen molar-refractivity contribution in [1.29, 1.82) is 0 Å². The zero-order valence-corrected chi connectivity index (χ0v) is 14.3. The monoisotopic (exact) mass is 301 g/mol. The van der Waals surface area contributed by atoms with E-state index in [9.17, 15) is 9.90 Å². The highest BCUT2D eigenvalue weighted by Gasteiger charge is 2.72. The van der Waals surface area contributed by atoms with Crippen LogP contribution in [0.15, 0.2) is 18.2 Å². The lowest BCUT2D eigenvalue weighted by Gasteiger charge is -2.40. The predicted octanol–water partition coefficient (Wildman–Crippen LogP) is 3.82. The summed E-state index contributed by atoms with van der Waals surface area (Å²) in [6.45, 7) is 10.6. The van der Waals surface area contributed by atoms with Gasteiger partial charge in [0.1, 0.15) is 0 Å². The van der Waals surface area contributed by atoms with E-state index in [1.54, 1.807) is 0 Å². The number of rotatable bonds is 2. The van der Waals surface area contributed by atoms with E-state index >= 15 is 0 Å². The molecule has 3 rings (SSSR count). The zero-order valence-electron chi connectivity index (χ0n) is 14.3. The highest BCUT2D eigenvalue weighted by Crippen LogP contribution is 2.72. The number of carbonyl (C=O) groups is 1. The number of amides is 1. The van der Waals surface area contributed by atoms with Crippen molar-refractivity contribution < 1.29 is 9.90 Å². The molecule has 0 saturated heterocycles. The zero-order chi connectivity index (χ0) is 16.3. The summed E-state index contributed by atoms with van der Waals surface area (Å²) in [6, 6.07) is 6.02. The molecule has 0 heterocycles. The predicted molar refractivity (Wildman–Crippen MR) is 88.7 cm³/mol. The molecular weight excluding hydrogens is 274 g/mol. The molecule has 22 heavy (non-hydrogen) atoms. The first kappa shape index (κ1) is 15.5. The van der Waals surface area contributed by atoms with Gasteiger partial charge in [-0.2, -0.15) is 0 Å². The maximum Gasteiger partial charge on any atom is 0.231 e. The van der Waals surface area contributed by atoms with Gasteiger partial charge in [0.25, 0.3) is 0 Å². The Morgan fingerprint density at radius 3 is 2.36 bits per heavy atom. The molecule has 2 fully saturated rings. The van der Waals surface area contributed by atoms with E-state index in [4.69, 9.17) is 0 Å². The van der Waals surface area contributed by atoms with E-state index in [-0.39, 0.29) is 22.8 Å². The summed E-state index contributed by atoms with van der Waals surface area (Å²) in [5, 5.41) is 13.6. The Hall–Kier alpha value is -1.35. The van der Waals surface area contributed by atoms with Crippen molar-refractivity contribution in [1.82, 2.24) is 0 Å². The smallest absolute Gasteiger partial charge is 0.231 e. The Bertz CT molecular complexity index is 636. The molecule has 2 bridgehead atoms. The van der Waals surface area contributed by atoms with Gasteiger partial charge in [0.2, 0.25) is 5.91 Å². The first-order valence-electron chi connectivity index (χ1n) is 8.21. The number of nitrogens with one attached hydrogen (secondary N) is 1. The van der Waals surface area contributed by atoms with Crippen LogP contribution in [0.5, 0.6) is 0 Å². The molecule has 0 aliphatic heterocycles. The molecule has 2 saturated carbocycles. The normalized spacial score (nSPS) is 35.6. The van der Waals surface area contributed by atoms with Gasteiger partial charge >= 0.3 is 0 Å². The second-order valence-electron chi connectivity index (χ2n) is 8.10. The van der Waals surface area contributed by atoms with E-state index < -0.39 is 5.41 Å². The highest BCUT2D eigenvalue weighted by molar-refractivity contribution is 5.97. The van der Waals surface area contributed by atoms with Crippen molar-refractivity contribution in [2.45, 2.75) is 60.0 Å². The SMILES string of the molecule is Cc1ccc(NC(=O)[C@]23CC[C@@](C)([C@H](O)C2)C3(C)C)cc1C. The fourth-order valence-electron chi connectivity index (χ4n) is 4.70. The van der Waals surface area contributed by atoms with Crippen LogP contribution in [0.3, 0.4) is 0 Å². The fraction of sp³-hybridized carbons (Fsp3) is 0.632. The summed E-state index contributed by atoms with van der Waals surface area (Å²) in [7, 11) is 0. The third kappa shape index (κ3) is 1.75. The third-order valence-electron chi connectivity index (χ3n) is 7.17. The van der Waals surface area contributed by atoms with Gasteiger partial charge in [-0.15, -0.1) is 0 Å². The summed E-state index contributed by atoms with van der Waals surface area (Å²) in [5.41, 5.74) is 2.45. The largest absolute Gasteiger partial charge is 0.393 e. The number of aliphatic hydroxyl groups is 1. The molecule has 0 aromatic heterocycles. The highest BCUT2D eigenvalue weighted by atomic mass is 16.3. The number of hydrogen-bond donors (Lipinski definition) is 2. The van der Waals surface area contributed by atoms with E-state index in [2.05, 4.69) is 39.9 Å². The minimum absolute atomic E-state index is 0.0704. The lowest BCUT2D eigenvalue weighted by Crippen LogP contribution is -2.43. The number of benzene rings is 1. The van der Waals surface area contributed by atoms with Crippen LogP contribution < -0.4 is 5.32 Å². The summed E-state index contributed by atoms with van der Waals surface area (Å²) in [5.74, 6) is 0.0704. The standard InChI is InChI=1S/C19H27NO2/c1-12-6-7-14(10-13(12)2)20-16(22)19-9-8-18(5,15(21)11-19)17(19,3)4/h6-7,10,15,21H,8-9,11H2,1-5H3,(H,20,22)/t15-,18+,19+/m1/s1. The third-order valence-corrected chi connectivity index (χ3v) is 7.17. The molecule has 3 atom stereocenters. The van der Waals surface area contributed by atoms with Crippen molar-refractivity contribution in [3.05, 3.63) is 29.3 Å².